The average molecular weight is 574 g/mol. The van der Waals surface area contributed by atoms with Crippen molar-refractivity contribution in [3.63, 3.8) is 0 Å². The van der Waals surface area contributed by atoms with E-state index < -0.39 is 75.2 Å². The van der Waals surface area contributed by atoms with Gasteiger partial charge in [0.05, 0.1) is 44.7 Å². The predicted octanol–water partition coefficient (Wildman–Crippen LogP) is 5.51. The lowest BCUT2D eigenvalue weighted by atomic mass is 10.0. The number of hydrogen-bond acceptors (Lipinski definition) is 5. The molecule has 0 saturated carbocycles. The SMILES string of the molecule is CS(=O)(=NC(=O)O)c1cccc(NC(=O)c2cc(Cl)c(C(F)(F)F)cc2N2CCOC(C(F)(F)F)C2)c1. The van der Waals surface area contributed by atoms with Gasteiger partial charge in [0.25, 0.3) is 5.91 Å². The van der Waals surface area contributed by atoms with Gasteiger partial charge in [-0.15, -0.1) is 4.36 Å². The number of carbonyl (C=O) groups is 2. The third kappa shape index (κ3) is 6.84. The Labute approximate surface area is 211 Å². The van der Waals surface area contributed by atoms with E-state index in [0.717, 1.165) is 17.2 Å². The van der Waals surface area contributed by atoms with Gasteiger partial charge in [-0.2, -0.15) is 26.3 Å². The smallest absolute Gasteiger partial charge is 0.439 e. The second-order valence-corrected chi connectivity index (χ2v) is 10.5. The van der Waals surface area contributed by atoms with E-state index in [1.54, 1.807) is 0 Å². The number of ether oxygens (including phenoxy) is 1. The van der Waals surface area contributed by atoms with Crippen LogP contribution in [0.2, 0.25) is 5.02 Å². The number of nitrogens with one attached hydrogen (secondary N) is 1. The summed E-state index contributed by atoms with van der Waals surface area (Å²) in [5.41, 5.74) is -2.30. The number of anilines is 2. The van der Waals surface area contributed by atoms with Crippen LogP contribution in [-0.4, -0.2) is 59.5 Å². The molecule has 1 aliphatic heterocycles. The first-order chi connectivity index (χ1) is 17.0. The highest BCUT2D eigenvalue weighted by Gasteiger charge is 2.44. The van der Waals surface area contributed by atoms with Crippen LogP contribution in [0, 0.1) is 0 Å². The van der Waals surface area contributed by atoms with Crippen LogP contribution in [0.4, 0.5) is 42.5 Å². The number of benzene rings is 2. The average Bonchev–Trinajstić information content (AvgIpc) is 2.77. The zero-order valence-electron chi connectivity index (χ0n) is 18.7. The molecule has 2 aromatic carbocycles. The fourth-order valence-corrected chi connectivity index (χ4v) is 4.85. The fourth-order valence-electron chi connectivity index (χ4n) is 3.50. The first-order valence-corrected chi connectivity index (χ1v) is 12.5. The largest absolute Gasteiger partial charge is 0.463 e. The molecule has 1 saturated heterocycles. The van der Waals surface area contributed by atoms with Crippen molar-refractivity contribution in [2.45, 2.75) is 23.4 Å². The van der Waals surface area contributed by atoms with Crippen molar-refractivity contribution in [1.29, 1.82) is 0 Å². The topological polar surface area (TPSA) is 108 Å². The van der Waals surface area contributed by atoms with Gasteiger partial charge in [-0.25, -0.2) is 9.00 Å². The minimum absolute atomic E-state index is 0.0326. The summed E-state index contributed by atoms with van der Waals surface area (Å²) in [6.45, 7) is -1.57. The molecule has 2 amide bonds. The second-order valence-electron chi connectivity index (χ2n) is 7.85. The molecule has 16 heteroatoms. The highest BCUT2D eigenvalue weighted by atomic mass is 35.5. The number of hydrogen-bond donors (Lipinski definition) is 2. The monoisotopic (exact) mass is 573 g/mol. The Morgan fingerprint density at radius 3 is 2.46 bits per heavy atom. The van der Waals surface area contributed by atoms with Crippen LogP contribution in [-0.2, 0) is 20.6 Å². The van der Waals surface area contributed by atoms with Gasteiger partial charge in [-0.1, -0.05) is 17.7 Å². The molecule has 1 fully saturated rings. The number of morpholine rings is 1. The molecule has 2 unspecified atom stereocenters. The van der Waals surface area contributed by atoms with Crippen LogP contribution in [0.15, 0.2) is 45.7 Å². The minimum Gasteiger partial charge on any atom is -0.463 e. The molecule has 0 spiro atoms. The van der Waals surface area contributed by atoms with Crippen molar-refractivity contribution in [3.05, 3.63) is 52.5 Å². The van der Waals surface area contributed by atoms with Gasteiger partial charge in [0.1, 0.15) is 0 Å². The highest BCUT2D eigenvalue weighted by molar-refractivity contribution is 7.93. The van der Waals surface area contributed by atoms with Crippen LogP contribution in [0.5, 0.6) is 0 Å². The van der Waals surface area contributed by atoms with Gasteiger partial charge in [-0.05, 0) is 30.3 Å². The lowest BCUT2D eigenvalue weighted by molar-refractivity contribution is -0.221. The first kappa shape index (κ1) is 28.5. The van der Waals surface area contributed by atoms with Gasteiger partial charge in [0, 0.05) is 23.4 Å². The van der Waals surface area contributed by atoms with Gasteiger partial charge in [-0.3, -0.25) is 4.79 Å². The molecule has 202 valence electrons. The van der Waals surface area contributed by atoms with E-state index in [1.807, 2.05) is 0 Å². The Kier molecular flexibility index (Phi) is 8.00. The lowest BCUT2D eigenvalue weighted by Gasteiger charge is -2.36. The number of carboxylic acid groups (broad SMARTS) is 1. The quantitative estimate of drug-likeness (QED) is 0.467. The maximum Gasteiger partial charge on any atom is 0.439 e. The molecule has 8 nitrogen and oxygen atoms in total. The summed E-state index contributed by atoms with van der Waals surface area (Å²) in [5.74, 6) is -1.03. The lowest BCUT2D eigenvalue weighted by Crippen LogP contribution is -2.49. The van der Waals surface area contributed by atoms with Crippen molar-refractivity contribution < 1.29 is 50.0 Å². The molecule has 0 aromatic heterocycles. The fraction of sp³-hybridized carbons (Fsp3) is 0.333. The summed E-state index contributed by atoms with van der Waals surface area (Å²) in [6, 6.07) is 6.26. The summed E-state index contributed by atoms with van der Waals surface area (Å²) in [4.78, 5) is 24.8. The van der Waals surface area contributed by atoms with Crippen LogP contribution >= 0.6 is 11.6 Å². The maximum atomic E-state index is 13.5. The third-order valence-electron chi connectivity index (χ3n) is 5.19. The highest BCUT2D eigenvalue weighted by Crippen LogP contribution is 2.40. The Morgan fingerprint density at radius 1 is 1.19 bits per heavy atom. The Hall–Kier alpha value is -3.04. The van der Waals surface area contributed by atoms with E-state index >= 15 is 0 Å². The van der Waals surface area contributed by atoms with Gasteiger partial charge >= 0.3 is 18.4 Å². The summed E-state index contributed by atoms with van der Waals surface area (Å²) in [5, 5.41) is 10.3. The Bertz CT molecular complexity index is 1340. The molecule has 1 heterocycles. The van der Waals surface area contributed by atoms with E-state index in [9.17, 15) is 40.1 Å². The van der Waals surface area contributed by atoms with Crippen molar-refractivity contribution in [2.75, 3.05) is 36.2 Å². The summed E-state index contributed by atoms with van der Waals surface area (Å²) in [7, 11) is -3.41. The van der Waals surface area contributed by atoms with Crippen LogP contribution < -0.4 is 10.2 Å². The first-order valence-electron chi connectivity index (χ1n) is 10.2. The molecular formula is C21H18ClF6N3O5S. The number of rotatable bonds is 4. The number of carbonyl (C=O) groups excluding carboxylic acids is 1. The van der Waals surface area contributed by atoms with Crippen LogP contribution in [0.3, 0.4) is 0 Å². The molecule has 0 aliphatic carbocycles. The van der Waals surface area contributed by atoms with Gasteiger partial charge in [0.15, 0.2) is 6.10 Å². The Balaban J connectivity index is 2.04. The van der Waals surface area contributed by atoms with E-state index in [1.165, 1.54) is 18.2 Å². The normalized spacial score (nSPS) is 18.2. The van der Waals surface area contributed by atoms with Gasteiger partial charge in [0.2, 0.25) is 0 Å². The number of alkyl halides is 6. The summed E-state index contributed by atoms with van der Waals surface area (Å²) >= 11 is 5.78. The maximum absolute atomic E-state index is 13.5. The number of nitrogens with zero attached hydrogens (tertiary/aromatic N) is 2. The predicted molar refractivity (Wildman–Crippen MR) is 122 cm³/mol. The number of halogens is 7. The van der Waals surface area contributed by atoms with Crippen LogP contribution in [0.1, 0.15) is 15.9 Å². The minimum atomic E-state index is -4.96. The van der Waals surface area contributed by atoms with E-state index in [0.29, 0.717) is 12.1 Å². The molecular weight excluding hydrogens is 556 g/mol. The third-order valence-corrected chi connectivity index (χ3v) is 7.14. The van der Waals surface area contributed by atoms with Crippen molar-refractivity contribution in [3.8, 4) is 0 Å². The Morgan fingerprint density at radius 2 is 1.86 bits per heavy atom. The van der Waals surface area contributed by atoms with Gasteiger partial charge < -0.3 is 20.1 Å². The molecule has 0 radical (unpaired) electrons. The summed E-state index contributed by atoms with van der Waals surface area (Å²) < 4.78 is 101. The number of amides is 2. The van der Waals surface area contributed by atoms with Crippen LogP contribution in [0.25, 0.3) is 0 Å². The van der Waals surface area contributed by atoms with E-state index in [4.69, 9.17) is 21.4 Å². The molecule has 0 bridgehead atoms. The second kappa shape index (κ2) is 10.4. The zero-order chi connectivity index (χ0) is 27.8. The molecule has 37 heavy (non-hydrogen) atoms. The standard InChI is InChI=1S/C21H18ClF6N3O5S/c1-37(35,30-19(33)34)12-4-2-3-11(7-12)29-18(32)13-8-15(22)14(20(23,24)25)9-16(13)31-5-6-36-17(10-31)21(26,27)28/h2-4,7-9,17H,5-6,10H2,1H3,(H,29,32)(H,33,34). The molecule has 2 N–H and O–H groups in total. The van der Waals surface area contributed by atoms with Crippen molar-refractivity contribution >= 4 is 44.7 Å². The van der Waals surface area contributed by atoms with E-state index in [2.05, 4.69) is 9.68 Å². The van der Waals surface area contributed by atoms with Crippen molar-refractivity contribution in [1.82, 2.24) is 0 Å². The molecule has 2 aromatic rings. The molecule has 1 aliphatic rings. The molecule has 3 rings (SSSR count). The zero-order valence-corrected chi connectivity index (χ0v) is 20.3. The van der Waals surface area contributed by atoms with E-state index in [-0.39, 0.29) is 17.1 Å². The van der Waals surface area contributed by atoms with Crippen molar-refractivity contribution in [2.24, 2.45) is 4.36 Å². The molecule has 2 atom stereocenters. The summed E-state index contributed by atoms with van der Waals surface area (Å²) in [6.07, 6.45) is -12.7.